The smallest absolute Gasteiger partial charge is 0.399 e. The van der Waals surface area contributed by atoms with Crippen LogP contribution in [0.25, 0.3) is 10.9 Å². The maximum Gasteiger partial charge on any atom is 0.496 e. The highest BCUT2D eigenvalue weighted by Crippen LogP contribution is 2.36. The average molecular weight is 270 g/mol. The first-order valence-corrected chi connectivity index (χ1v) is 6.79. The van der Waals surface area contributed by atoms with Crippen LogP contribution in [0.1, 0.15) is 27.7 Å². The molecule has 2 N–H and O–H groups in total. The monoisotopic (exact) mass is 270 g/mol. The third kappa shape index (κ3) is 2.07. The third-order valence-corrected chi connectivity index (χ3v) is 4.25. The Morgan fingerprint density at radius 1 is 1.05 bits per heavy atom. The molecule has 4 nitrogen and oxygen atoms in total. The summed E-state index contributed by atoms with van der Waals surface area (Å²) in [6.07, 6.45) is 1.81. The van der Waals surface area contributed by atoms with Gasteiger partial charge in [-0.15, -0.1) is 0 Å². The number of rotatable bonds is 1. The molecule has 1 aliphatic heterocycles. The van der Waals surface area contributed by atoms with E-state index in [0.717, 1.165) is 22.1 Å². The van der Waals surface area contributed by atoms with Gasteiger partial charge in [-0.05, 0) is 45.9 Å². The molecule has 0 unspecified atom stereocenters. The highest BCUT2D eigenvalue weighted by Gasteiger charge is 2.51. The van der Waals surface area contributed by atoms with Gasteiger partial charge in [-0.2, -0.15) is 0 Å². The van der Waals surface area contributed by atoms with E-state index in [1.165, 1.54) is 0 Å². The van der Waals surface area contributed by atoms with E-state index >= 15 is 0 Å². The van der Waals surface area contributed by atoms with Crippen LogP contribution in [0.2, 0.25) is 0 Å². The highest BCUT2D eigenvalue weighted by molar-refractivity contribution is 6.62. The Hall–Kier alpha value is -1.59. The van der Waals surface area contributed by atoms with Gasteiger partial charge < -0.3 is 15.0 Å². The summed E-state index contributed by atoms with van der Waals surface area (Å²) in [6.45, 7) is 8.16. The van der Waals surface area contributed by atoms with Crippen molar-refractivity contribution >= 4 is 29.2 Å². The molecule has 20 heavy (non-hydrogen) atoms. The van der Waals surface area contributed by atoms with Crippen LogP contribution >= 0.6 is 0 Å². The first-order valence-electron chi connectivity index (χ1n) is 6.79. The molecule has 3 rings (SSSR count). The lowest BCUT2D eigenvalue weighted by atomic mass is 9.80. The lowest BCUT2D eigenvalue weighted by molar-refractivity contribution is 0.00578. The van der Waals surface area contributed by atoms with E-state index < -0.39 is 7.12 Å². The molecule has 0 atom stereocenters. The number of fused-ring (bicyclic) bond motifs is 1. The van der Waals surface area contributed by atoms with E-state index in [9.17, 15) is 0 Å². The topological polar surface area (TPSA) is 57.4 Å². The number of nitrogens with two attached hydrogens (primary N) is 1. The van der Waals surface area contributed by atoms with Crippen molar-refractivity contribution in [3.8, 4) is 0 Å². The van der Waals surface area contributed by atoms with Crippen molar-refractivity contribution in [3.05, 3.63) is 30.5 Å². The van der Waals surface area contributed by atoms with Crippen molar-refractivity contribution in [2.45, 2.75) is 38.9 Å². The first-order chi connectivity index (χ1) is 9.28. The van der Waals surface area contributed by atoms with Crippen LogP contribution in [-0.4, -0.2) is 23.3 Å². The van der Waals surface area contributed by atoms with Crippen LogP contribution in [0.5, 0.6) is 0 Å². The number of nitrogen functional groups attached to an aromatic ring is 1. The van der Waals surface area contributed by atoms with Crippen molar-refractivity contribution in [2.24, 2.45) is 0 Å². The van der Waals surface area contributed by atoms with Crippen LogP contribution in [0.3, 0.4) is 0 Å². The second-order valence-corrected chi connectivity index (χ2v) is 6.31. The maximum atomic E-state index is 6.04. The van der Waals surface area contributed by atoms with Gasteiger partial charge in [0, 0.05) is 22.7 Å². The fourth-order valence-electron chi connectivity index (χ4n) is 2.28. The summed E-state index contributed by atoms with van der Waals surface area (Å²) in [6, 6.07) is 7.71. The zero-order chi connectivity index (χ0) is 14.5. The summed E-state index contributed by atoms with van der Waals surface area (Å²) in [5.74, 6) is 0. The van der Waals surface area contributed by atoms with Crippen LogP contribution in [0, 0.1) is 0 Å². The summed E-state index contributed by atoms with van der Waals surface area (Å²) in [7, 11) is -0.390. The van der Waals surface area contributed by atoms with E-state index in [1.807, 2.05) is 52.0 Å². The van der Waals surface area contributed by atoms with Crippen LogP contribution < -0.4 is 11.2 Å². The molecule has 5 heteroatoms. The van der Waals surface area contributed by atoms with Gasteiger partial charge in [0.2, 0.25) is 0 Å². The fourth-order valence-corrected chi connectivity index (χ4v) is 2.28. The zero-order valence-corrected chi connectivity index (χ0v) is 12.3. The van der Waals surface area contributed by atoms with E-state index in [0.29, 0.717) is 0 Å². The predicted octanol–water partition coefficient (Wildman–Crippen LogP) is 2.12. The van der Waals surface area contributed by atoms with Crippen molar-refractivity contribution in [1.29, 1.82) is 0 Å². The highest BCUT2D eigenvalue weighted by atomic mass is 16.7. The minimum Gasteiger partial charge on any atom is -0.399 e. The molecule has 0 amide bonds. The number of aromatic nitrogens is 1. The molecule has 0 bridgehead atoms. The summed E-state index contributed by atoms with van der Waals surface area (Å²) < 4.78 is 12.1. The molecule has 0 radical (unpaired) electrons. The predicted molar refractivity (Wildman–Crippen MR) is 81.9 cm³/mol. The average Bonchev–Trinajstić information content (AvgIpc) is 2.57. The molecule has 1 aromatic carbocycles. The normalized spacial score (nSPS) is 20.5. The zero-order valence-electron chi connectivity index (χ0n) is 12.3. The van der Waals surface area contributed by atoms with Gasteiger partial charge in [0.1, 0.15) is 0 Å². The largest absolute Gasteiger partial charge is 0.496 e. The molecule has 1 aliphatic rings. The molecule has 0 spiro atoms. The molecular formula is C15H19BN2O2. The molecule has 0 aliphatic carbocycles. The maximum absolute atomic E-state index is 6.04. The van der Waals surface area contributed by atoms with Crippen molar-refractivity contribution < 1.29 is 9.31 Å². The number of pyridine rings is 1. The molecule has 2 aromatic rings. The van der Waals surface area contributed by atoms with E-state index in [4.69, 9.17) is 15.0 Å². The second kappa shape index (κ2) is 4.20. The molecule has 0 saturated carbocycles. The third-order valence-electron chi connectivity index (χ3n) is 4.25. The van der Waals surface area contributed by atoms with Gasteiger partial charge in [-0.25, -0.2) is 0 Å². The number of hydrogen-bond donors (Lipinski definition) is 1. The minimum atomic E-state index is -0.390. The van der Waals surface area contributed by atoms with E-state index in [2.05, 4.69) is 4.98 Å². The van der Waals surface area contributed by atoms with Crippen LogP contribution in [0.4, 0.5) is 5.69 Å². The Bertz CT molecular complexity index is 654. The lowest BCUT2D eigenvalue weighted by Gasteiger charge is -2.32. The fraction of sp³-hybridized carbons (Fsp3) is 0.400. The minimum absolute atomic E-state index is 0.345. The Morgan fingerprint density at radius 2 is 1.70 bits per heavy atom. The Balaban J connectivity index is 2.00. The van der Waals surface area contributed by atoms with Crippen molar-refractivity contribution in [3.63, 3.8) is 0 Å². The summed E-state index contributed by atoms with van der Waals surface area (Å²) in [5.41, 5.74) is 7.70. The van der Waals surface area contributed by atoms with Crippen LogP contribution in [0.15, 0.2) is 30.5 Å². The second-order valence-electron chi connectivity index (χ2n) is 6.31. The Kier molecular flexibility index (Phi) is 2.82. The van der Waals surface area contributed by atoms with Crippen molar-refractivity contribution in [1.82, 2.24) is 4.98 Å². The molecule has 2 heterocycles. The van der Waals surface area contributed by atoms with E-state index in [-0.39, 0.29) is 11.2 Å². The number of anilines is 1. The van der Waals surface area contributed by atoms with Gasteiger partial charge >= 0.3 is 7.12 Å². The number of nitrogens with zero attached hydrogens (tertiary/aromatic N) is 1. The lowest BCUT2D eigenvalue weighted by Crippen LogP contribution is -2.41. The Morgan fingerprint density at radius 3 is 2.35 bits per heavy atom. The summed E-state index contributed by atoms with van der Waals surface area (Å²) in [5, 5.41) is 0.997. The standard InChI is InChI=1S/C15H19BN2O2/c1-14(2)15(3,4)20-16(19-14)11-7-10-8-12(17)5-6-13(10)18-9-11/h5-9H,17H2,1-4H3. The van der Waals surface area contributed by atoms with Gasteiger partial charge in [0.25, 0.3) is 0 Å². The number of benzene rings is 1. The summed E-state index contributed by atoms with van der Waals surface area (Å²) in [4.78, 5) is 4.45. The molecule has 1 saturated heterocycles. The first kappa shape index (κ1) is 13.4. The molecule has 1 fully saturated rings. The van der Waals surface area contributed by atoms with Gasteiger partial charge in [-0.1, -0.05) is 6.07 Å². The SMILES string of the molecule is CC1(C)OB(c2cnc3ccc(N)cc3c2)OC1(C)C. The quantitative estimate of drug-likeness (QED) is 0.637. The van der Waals surface area contributed by atoms with Gasteiger partial charge in [0.05, 0.1) is 16.7 Å². The summed E-state index contributed by atoms with van der Waals surface area (Å²) >= 11 is 0. The molecule has 1 aromatic heterocycles. The van der Waals surface area contributed by atoms with Gasteiger partial charge in [0.15, 0.2) is 0 Å². The van der Waals surface area contributed by atoms with Gasteiger partial charge in [-0.3, -0.25) is 4.98 Å². The molecule has 104 valence electrons. The number of hydrogen-bond acceptors (Lipinski definition) is 4. The van der Waals surface area contributed by atoms with Crippen molar-refractivity contribution in [2.75, 3.05) is 5.73 Å². The van der Waals surface area contributed by atoms with E-state index in [1.54, 1.807) is 6.20 Å². The molecular weight excluding hydrogens is 251 g/mol. The van der Waals surface area contributed by atoms with Crippen LogP contribution in [-0.2, 0) is 9.31 Å². The Labute approximate surface area is 119 Å².